The third kappa shape index (κ3) is 5.11. The molecular formula is C24H28F3N3O2. The molecule has 1 aromatic heterocycles. The summed E-state index contributed by atoms with van der Waals surface area (Å²) in [6, 6.07) is 11.8. The lowest BCUT2D eigenvalue weighted by Crippen LogP contribution is -2.23. The van der Waals surface area contributed by atoms with Gasteiger partial charge in [-0.3, -0.25) is 0 Å². The van der Waals surface area contributed by atoms with E-state index in [-0.39, 0.29) is 11.8 Å². The van der Waals surface area contributed by atoms with Crippen molar-refractivity contribution in [3.63, 3.8) is 0 Å². The maximum absolute atomic E-state index is 12.5. The predicted octanol–water partition coefficient (Wildman–Crippen LogP) is 7.07. The number of ether oxygens (including phenoxy) is 2. The Bertz CT molecular complexity index is 1050. The SMILES string of the molecule is CCOc1ccc2nc(Nc3ccc(OC(F)(F)F)cc3)n(C3CC(C)CC(C)C3)c2c1. The summed E-state index contributed by atoms with van der Waals surface area (Å²) in [6.45, 7) is 7.08. The molecule has 0 saturated heterocycles. The number of halogens is 3. The lowest BCUT2D eigenvalue weighted by Gasteiger charge is -2.33. The van der Waals surface area contributed by atoms with Crippen LogP contribution in [0.3, 0.4) is 0 Å². The number of hydrogen-bond acceptors (Lipinski definition) is 4. The van der Waals surface area contributed by atoms with Crippen LogP contribution in [0, 0.1) is 11.8 Å². The third-order valence-corrected chi connectivity index (χ3v) is 5.83. The summed E-state index contributed by atoms with van der Waals surface area (Å²) >= 11 is 0. The number of benzene rings is 2. The zero-order valence-electron chi connectivity index (χ0n) is 18.4. The Morgan fingerprint density at radius 3 is 2.28 bits per heavy atom. The molecule has 1 aliphatic rings. The van der Waals surface area contributed by atoms with Crippen molar-refractivity contribution in [2.75, 3.05) is 11.9 Å². The number of nitrogens with one attached hydrogen (secondary N) is 1. The van der Waals surface area contributed by atoms with Crippen molar-refractivity contribution >= 4 is 22.7 Å². The van der Waals surface area contributed by atoms with Crippen molar-refractivity contribution in [2.24, 2.45) is 11.8 Å². The van der Waals surface area contributed by atoms with E-state index in [4.69, 9.17) is 9.72 Å². The molecule has 1 aliphatic carbocycles. The van der Waals surface area contributed by atoms with Crippen LogP contribution < -0.4 is 14.8 Å². The lowest BCUT2D eigenvalue weighted by atomic mass is 9.80. The largest absolute Gasteiger partial charge is 0.573 e. The van der Waals surface area contributed by atoms with E-state index in [2.05, 4.69) is 28.5 Å². The standard InChI is InChI=1S/C24H28F3N3O2/c1-4-31-20-9-10-21-22(14-20)30(18-12-15(2)11-16(3)13-18)23(29-21)28-17-5-7-19(8-6-17)32-24(25,26)27/h5-10,14-16,18H,4,11-13H2,1-3H3,(H,28,29). The number of imidazole rings is 1. The van der Waals surface area contributed by atoms with E-state index >= 15 is 0 Å². The van der Waals surface area contributed by atoms with Gasteiger partial charge in [-0.1, -0.05) is 13.8 Å². The van der Waals surface area contributed by atoms with Gasteiger partial charge in [-0.25, -0.2) is 4.98 Å². The Morgan fingerprint density at radius 2 is 1.66 bits per heavy atom. The van der Waals surface area contributed by atoms with Gasteiger partial charge in [0.25, 0.3) is 0 Å². The zero-order valence-corrected chi connectivity index (χ0v) is 18.4. The first-order chi connectivity index (χ1) is 15.2. The second-order valence-electron chi connectivity index (χ2n) is 8.66. The van der Waals surface area contributed by atoms with E-state index in [1.807, 2.05) is 25.1 Å². The van der Waals surface area contributed by atoms with Crippen LogP contribution in [-0.2, 0) is 0 Å². The Balaban J connectivity index is 1.70. The van der Waals surface area contributed by atoms with Crippen LogP contribution in [-0.4, -0.2) is 22.5 Å². The number of hydrogen-bond donors (Lipinski definition) is 1. The van der Waals surface area contributed by atoms with E-state index in [1.165, 1.54) is 18.6 Å². The van der Waals surface area contributed by atoms with Gasteiger partial charge in [0.2, 0.25) is 5.95 Å². The first-order valence-electron chi connectivity index (χ1n) is 11.0. The first kappa shape index (κ1) is 22.3. The van der Waals surface area contributed by atoms with Crippen LogP contribution in [0.4, 0.5) is 24.8 Å². The zero-order chi connectivity index (χ0) is 22.9. The molecule has 32 heavy (non-hydrogen) atoms. The maximum atomic E-state index is 12.5. The highest BCUT2D eigenvalue weighted by molar-refractivity contribution is 5.81. The average Bonchev–Trinajstić information content (AvgIpc) is 3.05. The van der Waals surface area contributed by atoms with Crippen LogP contribution in [0.25, 0.3) is 11.0 Å². The van der Waals surface area contributed by atoms with Crippen molar-refractivity contribution in [3.05, 3.63) is 42.5 Å². The monoisotopic (exact) mass is 447 g/mol. The van der Waals surface area contributed by atoms with Crippen LogP contribution in [0.2, 0.25) is 0 Å². The summed E-state index contributed by atoms with van der Waals surface area (Å²) in [6.07, 6.45) is -1.42. The molecule has 2 atom stereocenters. The van der Waals surface area contributed by atoms with Crippen molar-refractivity contribution in [3.8, 4) is 11.5 Å². The summed E-state index contributed by atoms with van der Waals surface area (Å²) in [5, 5.41) is 3.30. The van der Waals surface area contributed by atoms with Crippen LogP contribution in [0.1, 0.15) is 46.1 Å². The lowest BCUT2D eigenvalue weighted by molar-refractivity contribution is -0.274. The second-order valence-corrected chi connectivity index (χ2v) is 8.66. The fourth-order valence-corrected chi connectivity index (χ4v) is 4.77. The predicted molar refractivity (Wildman–Crippen MR) is 119 cm³/mol. The van der Waals surface area contributed by atoms with Gasteiger partial charge in [-0.2, -0.15) is 0 Å². The first-order valence-corrected chi connectivity index (χ1v) is 11.0. The molecule has 3 aromatic rings. The molecule has 0 spiro atoms. The van der Waals surface area contributed by atoms with Gasteiger partial charge in [-0.05, 0) is 74.4 Å². The van der Waals surface area contributed by atoms with Gasteiger partial charge >= 0.3 is 6.36 Å². The summed E-state index contributed by atoms with van der Waals surface area (Å²) in [5.41, 5.74) is 2.47. The molecule has 1 fully saturated rings. The van der Waals surface area contributed by atoms with Gasteiger partial charge in [0.05, 0.1) is 17.6 Å². The van der Waals surface area contributed by atoms with Gasteiger partial charge in [0.15, 0.2) is 0 Å². The Morgan fingerprint density at radius 1 is 1.00 bits per heavy atom. The molecule has 4 rings (SSSR count). The summed E-state index contributed by atoms with van der Waals surface area (Å²) in [7, 11) is 0. The molecule has 1 heterocycles. The molecule has 0 radical (unpaired) electrons. The Hall–Kier alpha value is -2.90. The van der Waals surface area contributed by atoms with E-state index < -0.39 is 6.36 Å². The number of alkyl halides is 3. The van der Waals surface area contributed by atoms with E-state index in [0.29, 0.717) is 30.1 Å². The molecule has 1 saturated carbocycles. The minimum Gasteiger partial charge on any atom is -0.494 e. The third-order valence-electron chi connectivity index (χ3n) is 5.83. The Kier molecular flexibility index (Phi) is 6.22. The van der Waals surface area contributed by atoms with E-state index in [0.717, 1.165) is 29.6 Å². The second kappa shape index (κ2) is 8.92. The molecule has 0 amide bonds. The van der Waals surface area contributed by atoms with Crippen molar-refractivity contribution < 1.29 is 22.6 Å². The normalized spacial score (nSPS) is 21.5. The fraction of sp³-hybridized carbons (Fsp3) is 0.458. The number of fused-ring (bicyclic) bond motifs is 1. The molecular weight excluding hydrogens is 419 g/mol. The fourth-order valence-electron chi connectivity index (χ4n) is 4.77. The molecule has 1 N–H and O–H groups in total. The molecule has 172 valence electrons. The van der Waals surface area contributed by atoms with Gasteiger partial charge in [0.1, 0.15) is 11.5 Å². The molecule has 8 heteroatoms. The number of nitrogens with zero attached hydrogens (tertiary/aromatic N) is 2. The smallest absolute Gasteiger partial charge is 0.494 e. The highest BCUT2D eigenvalue weighted by atomic mass is 19.4. The number of anilines is 2. The molecule has 0 bridgehead atoms. The van der Waals surface area contributed by atoms with Crippen molar-refractivity contribution in [2.45, 2.75) is 52.4 Å². The summed E-state index contributed by atoms with van der Waals surface area (Å²) in [4.78, 5) is 4.80. The number of aromatic nitrogens is 2. The van der Waals surface area contributed by atoms with Crippen molar-refractivity contribution in [1.82, 2.24) is 9.55 Å². The van der Waals surface area contributed by atoms with E-state index in [9.17, 15) is 13.2 Å². The Labute approximate surface area is 185 Å². The van der Waals surface area contributed by atoms with Crippen LogP contribution in [0.15, 0.2) is 42.5 Å². The van der Waals surface area contributed by atoms with E-state index in [1.54, 1.807) is 12.1 Å². The highest BCUT2D eigenvalue weighted by Crippen LogP contribution is 2.40. The van der Waals surface area contributed by atoms with Crippen molar-refractivity contribution in [1.29, 1.82) is 0 Å². The molecule has 0 aliphatic heterocycles. The minimum absolute atomic E-state index is 0.257. The minimum atomic E-state index is -4.71. The van der Waals surface area contributed by atoms with Crippen LogP contribution in [0.5, 0.6) is 11.5 Å². The van der Waals surface area contributed by atoms with Gasteiger partial charge < -0.3 is 19.4 Å². The van der Waals surface area contributed by atoms with Crippen LogP contribution >= 0.6 is 0 Å². The topological polar surface area (TPSA) is 48.3 Å². The van der Waals surface area contributed by atoms with Gasteiger partial charge in [0, 0.05) is 17.8 Å². The summed E-state index contributed by atoms with van der Waals surface area (Å²) < 4.78 is 49.3. The van der Waals surface area contributed by atoms with Gasteiger partial charge in [-0.15, -0.1) is 13.2 Å². The molecule has 5 nitrogen and oxygen atoms in total. The quantitative estimate of drug-likeness (QED) is 0.439. The summed E-state index contributed by atoms with van der Waals surface area (Å²) in [5.74, 6) is 2.40. The highest BCUT2D eigenvalue weighted by Gasteiger charge is 2.31. The molecule has 2 aromatic carbocycles. The molecule has 2 unspecified atom stereocenters. The average molecular weight is 448 g/mol. The number of rotatable bonds is 6. The maximum Gasteiger partial charge on any atom is 0.573 e.